The van der Waals surface area contributed by atoms with Gasteiger partial charge in [-0.15, -0.1) is 0 Å². The number of amides is 1. The van der Waals surface area contributed by atoms with Gasteiger partial charge in [-0.1, -0.05) is 29.3 Å². The fourth-order valence-corrected chi connectivity index (χ4v) is 3.86. The number of allylic oxidation sites excluding steroid dienone is 1. The molecule has 10 heteroatoms. The first-order chi connectivity index (χ1) is 15.4. The summed E-state index contributed by atoms with van der Waals surface area (Å²) in [5.41, 5.74) is 2.15. The van der Waals surface area contributed by atoms with Crippen molar-refractivity contribution in [1.82, 2.24) is 14.8 Å². The highest BCUT2D eigenvalue weighted by atomic mass is 35.5. The molecule has 0 radical (unpaired) electrons. The van der Waals surface area contributed by atoms with E-state index in [2.05, 4.69) is 20.7 Å². The smallest absolute Gasteiger partial charge is 0.255 e. The van der Waals surface area contributed by atoms with Crippen molar-refractivity contribution < 1.29 is 14.3 Å². The molecule has 1 aliphatic rings. The van der Waals surface area contributed by atoms with E-state index in [4.69, 9.17) is 28.3 Å². The van der Waals surface area contributed by atoms with E-state index in [1.54, 1.807) is 29.8 Å². The Labute approximate surface area is 193 Å². The molecular weight excluding hydrogens is 456 g/mol. The van der Waals surface area contributed by atoms with Gasteiger partial charge in [-0.05, 0) is 55.3 Å². The van der Waals surface area contributed by atoms with E-state index in [1.807, 2.05) is 0 Å². The lowest BCUT2D eigenvalue weighted by Gasteiger charge is -2.29. The van der Waals surface area contributed by atoms with Crippen molar-refractivity contribution in [1.29, 1.82) is 0 Å². The summed E-state index contributed by atoms with van der Waals surface area (Å²) in [6.07, 6.45) is 1.01. The number of carbonyl (C=O) groups excluding carboxylic acids is 1. The quantitative estimate of drug-likeness (QED) is 0.485. The van der Waals surface area contributed by atoms with Gasteiger partial charge in [0.1, 0.15) is 11.9 Å². The van der Waals surface area contributed by atoms with Crippen LogP contribution in [0.4, 0.5) is 16.0 Å². The molecule has 7 nitrogen and oxygen atoms in total. The van der Waals surface area contributed by atoms with E-state index in [0.29, 0.717) is 57.2 Å². The number of carbonyl (C=O) groups is 1. The van der Waals surface area contributed by atoms with Gasteiger partial charge >= 0.3 is 0 Å². The molecule has 1 atom stereocenters. The molecular formula is C22H20Cl2FN5O2. The van der Waals surface area contributed by atoms with Crippen LogP contribution in [0.25, 0.3) is 0 Å². The molecule has 32 heavy (non-hydrogen) atoms. The first kappa shape index (κ1) is 22.3. The summed E-state index contributed by atoms with van der Waals surface area (Å²) in [7, 11) is 0. The fourth-order valence-electron chi connectivity index (χ4n) is 3.55. The zero-order valence-corrected chi connectivity index (χ0v) is 18.6. The first-order valence-corrected chi connectivity index (χ1v) is 10.7. The summed E-state index contributed by atoms with van der Waals surface area (Å²) in [5.74, 6) is 0.245. The van der Waals surface area contributed by atoms with E-state index in [-0.39, 0.29) is 12.5 Å². The Morgan fingerprint density at radius 3 is 2.66 bits per heavy atom. The van der Waals surface area contributed by atoms with Gasteiger partial charge in [0.05, 0.1) is 15.6 Å². The Kier molecular flexibility index (Phi) is 6.45. The van der Waals surface area contributed by atoms with Crippen molar-refractivity contribution in [2.75, 3.05) is 17.2 Å². The van der Waals surface area contributed by atoms with Crippen LogP contribution in [0.3, 0.4) is 0 Å². The molecule has 2 aromatic carbocycles. The van der Waals surface area contributed by atoms with Crippen molar-refractivity contribution in [2.45, 2.75) is 25.8 Å². The number of aromatic nitrogens is 3. The van der Waals surface area contributed by atoms with Crippen molar-refractivity contribution in [2.24, 2.45) is 0 Å². The van der Waals surface area contributed by atoms with Gasteiger partial charge < -0.3 is 15.7 Å². The molecule has 0 saturated carbocycles. The maximum absolute atomic E-state index is 13.3. The largest absolute Gasteiger partial charge is 0.396 e. The maximum Gasteiger partial charge on any atom is 0.255 e. The second kappa shape index (κ2) is 9.28. The average Bonchev–Trinajstić information content (AvgIpc) is 3.17. The van der Waals surface area contributed by atoms with Crippen LogP contribution in [0.1, 0.15) is 30.8 Å². The molecule has 0 saturated heterocycles. The van der Waals surface area contributed by atoms with Crippen LogP contribution < -0.4 is 10.6 Å². The van der Waals surface area contributed by atoms with Gasteiger partial charge in [0, 0.05) is 24.4 Å². The number of fused-ring (bicyclic) bond motifs is 1. The lowest BCUT2D eigenvalue weighted by atomic mass is 9.95. The normalized spacial score (nSPS) is 15.3. The van der Waals surface area contributed by atoms with Crippen LogP contribution in [0.2, 0.25) is 10.0 Å². The molecule has 0 bridgehead atoms. The van der Waals surface area contributed by atoms with Crippen LogP contribution in [-0.4, -0.2) is 32.4 Å². The van der Waals surface area contributed by atoms with Gasteiger partial charge in [-0.25, -0.2) is 9.07 Å². The van der Waals surface area contributed by atoms with Crippen LogP contribution >= 0.6 is 23.2 Å². The summed E-state index contributed by atoms with van der Waals surface area (Å²) in [4.78, 5) is 17.8. The van der Waals surface area contributed by atoms with Crippen LogP contribution in [0, 0.1) is 5.82 Å². The van der Waals surface area contributed by atoms with Crippen molar-refractivity contribution in [3.8, 4) is 0 Å². The molecule has 3 N–H and O–H groups in total. The third kappa shape index (κ3) is 4.48. The fraction of sp³-hybridized carbons (Fsp3) is 0.227. The zero-order chi connectivity index (χ0) is 22.8. The average molecular weight is 476 g/mol. The van der Waals surface area contributed by atoms with E-state index in [1.165, 1.54) is 24.3 Å². The van der Waals surface area contributed by atoms with Crippen LogP contribution in [0.15, 0.2) is 53.7 Å². The number of benzene rings is 2. The number of nitrogens with one attached hydrogen (secondary N) is 2. The topological polar surface area (TPSA) is 92.1 Å². The third-order valence-corrected chi connectivity index (χ3v) is 5.80. The summed E-state index contributed by atoms with van der Waals surface area (Å²) >= 11 is 12.4. The second-order valence-electron chi connectivity index (χ2n) is 7.32. The molecule has 1 amide bonds. The molecule has 1 unspecified atom stereocenters. The number of nitrogens with zero attached hydrogens (tertiary/aromatic N) is 3. The highest BCUT2D eigenvalue weighted by Gasteiger charge is 2.34. The van der Waals surface area contributed by atoms with Crippen molar-refractivity contribution >= 4 is 40.7 Å². The highest BCUT2D eigenvalue weighted by molar-refractivity contribution is 6.42. The lowest BCUT2D eigenvalue weighted by Crippen LogP contribution is -2.31. The Morgan fingerprint density at radius 2 is 1.97 bits per heavy atom. The number of rotatable bonds is 6. The van der Waals surface area contributed by atoms with Gasteiger partial charge in [-0.2, -0.15) is 10.1 Å². The molecule has 1 aliphatic heterocycles. The molecule has 0 aliphatic carbocycles. The summed E-state index contributed by atoms with van der Waals surface area (Å²) in [6.45, 7) is 1.80. The summed E-state index contributed by atoms with van der Waals surface area (Å²) in [5, 5.41) is 20.4. The standard InChI is InChI=1S/C22H20Cl2FN5O2/c1-12-19(21(32)27-15-7-5-14(25)6-8-15)20(13-4-9-16(23)17(24)11-13)30-22(26-12)28-18(29-30)3-2-10-31/h4-9,11,20,31H,2-3,10H2,1H3,(H,27,32)(H,26,28,29). The third-order valence-electron chi connectivity index (χ3n) is 5.06. The molecule has 1 aromatic heterocycles. The van der Waals surface area contributed by atoms with E-state index in [0.717, 1.165) is 0 Å². The minimum absolute atomic E-state index is 0.0239. The molecule has 4 rings (SSSR count). The Bertz CT molecular complexity index is 1190. The number of hydrogen-bond acceptors (Lipinski definition) is 5. The number of aliphatic hydroxyl groups is 1. The Hall–Kier alpha value is -2.94. The Balaban J connectivity index is 1.77. The van der Waals surface area contributed by atoms with Crippen molar-refractivity contribution in [3.05, 3.63) is 81.0 Å². The molecule has 3 aromatic rings. The predicted octanol–water partition coefficient (Wildman–Crippen LogP) is 4.58. The number of hydrogen-bond donors (Lipinski definition) is 3. The monoisotopic (exact) mass is 475 g/mol. The number of aryl methyl sites for hydroxylation is 1. The summed E-state index contributed by atoms with van der Waals surface area (Å²) < 4.78 is 14.9. The van der Waals surface area contributed by atoms with Gasteiger partial charge in [-0.3, -0.25) is 4.79 Å². The summed E-state index contributed by atoms with van der Waals surface area (Å²) in [6, 6.07) is 10.0. The highest BCUT2D eigenvalue weighted by Crippen LogP contribution is 2.37. The molecule has 0 spiro atoms. The minimum atomic E-state index is -0.628. The number of anilines is 2. The molecule has 166 valence electrons. The maximum atomic E-state index is 13.3. The van der Waals surface area contributed by atoms with Gasteiger partial charge in [0.2, 0.25) is 5.95 Å². The van der Waals surface area contributed by atoms with E-state index < -0.39 is 11.9 Å². The minimum Gasteiger partial charge on any atom is -0.396 e. The SMILES string of the molecule is CC1=C(C(=O)Nc2ccc(F)cc2)C(c2ccc(Cl)c(Cl)c2)n2nc(CCCO)nc2N1. The van der Waals surface area contributed by atoms with Crippen molar-refractivity contribution in [3.63, 3.8) is 0 Å². The molecule has 0 fully saturated rings. The van der Waals surface area contributed by atoms with E-state index >= 15 is 0 Å². The van der Waals surface area contributed by atoms with Gasteiger partial charge in [0.15, 0.2) is 5.82 Å². The zero-order valence-electron chi connectivity index (χ0n) is 17.1. The van der Waals surface area contributed by atoms with Gasteiger partial charge in [0.25, 0.3) is 5.91 Å². The second-order valence-corrected chi connectivity index (χ2v) is 8.14. The van der Waals surface area contributed by atoms with Crippen LogP contribution in [-0.2, 0) is 11.2 Å². The first-order valence-electron chi connectivity index (χ1n) is 9.93. The molecule has 2 heterocycles. The lowest BCUT2D eigenvalue weighted by molar-refractivity contribution is -0.113. The van der Waals surface area contributed by atoms with Crippen LogP contribution in [0.5, 0.6) is 0 Å². The number of aliphatic hydroxyl groups excluding tert-OH is 1. The predicted molar refractivity (Wildman–Crippen MR) is 121 cm³/mol. The number of halogens is 3. The van der Waals surface area contributed by atoms with E-state index in [9.17, 15) is 9.18 Å². The Morgan fingerprint density at radius 1 is 1.22 bits per heavy atom.